The van der Waals surface area contributed by atoms with Crippen LogP contribution in [0.25, 0.3) is 0 Å². The minimum Gasteiger partial charge on any atom is -0.349 e. The summed E-state index contributed by atoms with van der Waals surface area (Å²) in [4.78, 5) is 16.7. The molecule has 1 aliphatic rings. The number of anilines is 2. The predicted molar refractivity (Wildman–Crippen MR) is 104 cm³/mol. The summed E-state index contributed by atoms with van der Waals surface area (Å²) in [5, 5.41) is 6.08. The number of halogens is 2. The normalized spacial score (nSPS) is 20.1. The molecule has 1 aromatic carbocycles. The van der Waals surface area contributed by atoms with Gasteiger partial charge in [0.15, 0.2) is 0 Å². The molecule has 132 valence electrons. The van der Waals surface area contributed by atoms with Crippen LogP contribution in [0, 0.1) is 9.39 Å². The summed E-state index contributed by atoms with van der Waals surface area (Å²) < 4.78 is 14.7. The maximum atomic E-state index is 13.7. The molecule has 25 heavy (non-hydrogen) atoms. The average Bonchev–Trinajstić information content (AvgIpc) is 2.58. The van der Waals surface area contributed by atoms with E-state index >= 15 is 0 Å². The Kier molecular flexibility index (Phi) is 5.85. The minimum absolute atomic E-state index is 0.0705. The van der Waals surface area contributed by atoms with Crippen LogP contribution in [-0.4, -0.2) is 23.0 Å². The summed E-state index contributed by atoms with van der Waals surface area (Å²) in [6.07, 6.45) is 4.57. The maximum Gasteiger partial charge on any atom is 0.255 e. The molecule has 0 spiro atoms. The lowest BCUT2D eigenvalue weighted by molar-refractivity contribution is 0.0926. The second-order valence-electron chi connectivity index (χ2n) is 6.27. The van der Waals surface area contributed by atoms with Gasteiger partial charge < -0.3 is 16.4 Å². The number of pyridine rings is 1. The van der Waals surface area contributed by atoms with Gasteiger partial charge >= 0.3 is 0 Å². The van der Waals surface area contributed by atoms with Gasteiger partial charge in [0.2, 0.25) is 0 Å². The SMILES string of the molecule is N[C@H]1CC[C@@H](NC(=O)c2cc(F)cnc2Nc2cccc(I)c2)CC1. The topological polar surface area (TPSA) is 80.0 Å². The first kappa shape index (κ1) is 18.1. The highest BCUT2D eigenvalue weighted by Crippen LogP contribution is 2.22. The van der Waals surface area contributed by atoms with E-state index in [4.69, 9.17) is 5.73 Å². The van der Waals surface area contributed by atoms with Gasteiger partial charge in [-0.3, -0.25) is 4.79 Å². The molecule has 1 aliphatic carbocycles. The molecule has 2 aromatic rings. The quantitative estimate of drug-likeness (QED) is 0.618. The first-order valence-corrected chi connectivity index (χ1v) is 9.34. The van der Waals surface area contributed by atoms with Gasteiger partial charge in [0, 0.05) is 21.3 Å². The van der Waals surface area contributed by atoms with Crippen molar-refractivity contribution in [3.63, 3.8) is 0 Å². The third-order valence-electron chi connectivity index (χ3n) is 4.29. The average molecular weight is 454 g/mol. The monoisotopic (exact) mass is 454 g/mol. The van der Waals surface area contributed by atoms with Gasteiger partial charge in [0.1, 0.15) is 11.6 Å². The number of carbonyl (C=O) groups is 1. The van der Waals surface area contributed by atoms with Crippen molar-refractivity contribution >= 4 is 40.0 Å². The largest absolute Gasteiger partial charge is 0.349 e. The van der Waals surface area contributed by atoms with E-state index in [9.17, 15) is 9.18 Å². The fourth-order valence-electron chi connectivity index (χ4n) is 2.94. The van der Waals surface area contributed by atoms with Crippen molar-refractivity contribution in [2.45, 2.75) is 37.8 Å². The van der Waals surface area contributed by atoms with Crippen molar-refractivity contribution in [1.82, 2.24) is 10.3 Å². The first-order chi connectivity index (χ1) is 12.0. The van der Waals surface area contributed by atoms with Crippen LogP contribution in [-0.2, 0) is 0 Å². The zero-order chi connectivity index (χ0) is 17.8. The van der Waals surface area contributed by atoms with Crippen LogP contribution < -0.4 is 16.4 Å². The molecule has 1 heterocycles. The predicted octanol–water partition coefficient (Wildman–Crippen LogP) is 3.57. The second kappa shape index (κ2) is 8.09. The summed E-state index contributed by atoms with van der Waals surface area (Å²) in [6.45, 7) is 0. The van der Waals surface area contributed by atoms with Crippen LogP contribution in [0.15, 0.2) is 36.5 Å². The Morgan fingerprint density at radius 1 is 1.24 bits per heavy atom. The van der Waals surface area contributed by atoms with Crippen molar-refractivity contribution in [2.75, 3.05) is 5.32 Å². The molecule has 1 amide bonds. The van der Waals surface area contributed by atoms with E-state index in [0.29, 0.717) is 5.82 Å². The third kappa shape index (κ3) is 4.88. The fourth-order valence-corrected chi connectivity index (χ4v) is 3.48. The number of benzene rings is 1. The molecule has 1 fully saturated rings. The molecule has 0 aliphatic heterocycles. The molecule has 1 aromatic heterocycles. The molecule has 3 rings (SSSR count). The first-order valence-electron chi connectivity index (χ1n) is 8.26. The summed E-state index contributed by atoms with van der Waals surface area (Å²) in [7, 11) is 0. The summed E-state index contributed by atoms with van der Waals surface area (Å²) >= 11 is 2.20. The number of nitrogens with two attached hydrogens (primary N) is 1. The van der Waals surface area contributed by atoms with Gasteiger partial charge in [-0.15, -0.1) is 0 Å². The lowest BCUT2D eigenvalue weighted by Crippen LogP contribution is -2.40. The van der Waals surface area contributed by atoms with E-state index in [1.165, 1.54) is 6.07 Å². The van der Waals surface area contributed by atoms with E-state index in [1.54, 1.807) is 0 Å². The Balaban J connectivity index is 1.77. The van der Waals surface area contributed by atoms with Crippen LogP contribution >= 0.6 is 22.6 Å². The van der Waals surface area contributed by atoms with Crippen LogP contribution in [0.5, 0.6) is 0 Å². The van der Waals surface area contributed by atoms with Crippen LogP contribution in [0.1, 0.15) is 36.0 Å². The number of hydrogen-bond acceptors (Lipinski definition) is 4. The smallest absolute Gasteiger partial charge is 0.255 e. The molecule has 1 saturated carbocycles. The lowest BCUT2D eigenvalue weighted by atomic mass is 9.91. The number of carbonyl (C=O) groups excluding carboxylic acids is 1. The van der Waals surface area contributed by atoms with E-state index in [-0.39, 0.29) is 23.6 Å². The highest BCUT2D eigenvalue weighted by Gasteiger charge is 2.22. The fraction of sp³-hybridized carbons (Fsp3) is 0.333. The van der Waals surface area contributed by atoms with Crippen molar-refractivity contribution in [2.24, 2.45) is 5.73 Å². The zero-order valence-electron chi connectivity index (χ0n) is 13.6. The molecule has 5 nitrogen and oxygen atoms in total. The molecule has 0 unspecified atom stereocenters. The molecule has 7 heteroatoms. The van der Waals surface area contributed by atoms with Crippen molar-refractivity contribution in [3.8, 4) is 0 Å². The second-order valence-corrected chi connectivity index (χ2v) is 7.52. The Morgan fingerprint density at radius 3 is 2.72 bits per heavy atom. The highest BCUT2D eigenvalue weighted by atomic mass is 127. The zero-order valence-corrected chi connectivity index (χ0v) is 15.8. The van der Waals surface area contributed by atoms with Crippen LogP contribution in [0.3, 0.4) is 0 Å². The van der Waals surface area contributed by atoms with Gasteiger partial charge in [-0.25, -0.2) is 9.37 Å². The standard InChI is InChI=1S/C18H20FIN4O/c19-11-8-16(18(25)24-14-6-4-13(21)5-7-14)17(22-10-11)23-15-3-1-2-12(20)9-15/h1-3,8-10,13-14H,4-7,21H2,(H,22,23)(H,24,25)/t13-,14+. The molecule has 0 saturated heterocycles. The van der Waals surface area contributed by atoms with E-state index in [0.717, 1.165) is 41.1 Å². The van der Waals surface area contributed by atoms with Crippen molar-refractivity contribution in [1.29, 1.82) is 0 Å². The Hall–Kier alpha value is -1.74. The number of aromatic nitrogens is 1. The van der Waals surface area contributed by atoms with Gasteiger partial charge in [-0.2, -0.15) is 0 Å². The summed E-state index contributed by atoms with van der Waals surface area (Å²) in [5.41, 5.74) is 6.90. The number of amides is 1. The molecular formula is C18H20FIN4O. The van der Waals surface area contributed by atoms with Gasteiger partial charge in [-0.05, 0) is 72.5 Å². The summed E-state index contributed by atoms with van der Waals surface area (Å²) in [5.74, 6) is -0.516. The van der Waals surface area contributed by atoms with Gasteiger partial charge in [0.25, 0.3) is 5.91 Å². The Morgan fingerprint density at radius 2 is 2.00 bits per heavy atom. The van der Waals surface area contributed by atoms with Crippen molar-refractivity contribution in [3.05, 3.63) is 51.5 Å². The van der Waals surface area contributed by atoms with E-state index in [2.05, 4.69) is 38.2 Å². The minimum atomic E-state index is -0.538. The Bertz CT molecular complexity index is 762. The summed E-state index contributed by atoms with van der Waals surface area (Å²) in [6, 6.07) is 9.16. The van der Waals surface area contributed by atoms with Gasteiger partial charge in [-0.1, -0.05) is 6.07 Å². The van der Waals surface area contributed by atoms with Crippen LogP contribution in [0.4, 0.5) is 15.9 Å². The van der Waals surface area contributed by atoms with Crippen molar-refractivity contribution < 1.29 is 9.18 Å². The molecule has 4 N–H and O–H groups in total. The number of hydrogen-bond donors (Lipinski definition) is 3. The van der Waals surface area contributed by atoms with E-state index in [1.807, 2.05) is 24.3 Å². The Labute approximate surface area is 159 Å². The number of nitrogens with one attached hydrogen (secondary N) is 2. The van der Waals surface area contributed by atoms with Gasteiger partial charge in [0.05, 0.1) is 11.8 Å². The maximum absolute atomic E-state index is 13.7. The highest BCUT2D eigenvalue weighted by molar-refractivity contribution is 14.1. The number of nitrogens with zero attached hydrogens (tertiary/aromatic N) is 1. The molecular weight excluding hydrogens is 434 g/mol. The van der Waals surface area contributed by atoms with E-state index < -0.39 is 5.82 Å². The third-order valence-corrected chi connectivity index (χ3v) is 4.96. The molecule has 0 radical (unpaired) electrons. The molecule has 0 atom stereocenters. The van der Waals surface area contributed by atoms with Crippen LogP contribution in [0.2, 0.25) is 0 Å². The lowest BCUT2D eigenvalue weighted by Gasteiger charge is -2.27. The number of rotatable bonds is 4. The molecule has 0 bridgehead atoms.